The average molecular weight is 347 g/mol. The van der Waals surface area contributed by atoms with E-state index in [0.717, 1.165) is 12.3 Å². The molecule has 146 valence electrons. The lowest BCUT2D eigenvalue weighted by Gasteiger charge is -2.22. The van der Waals surface area contributed by atoms with Gasteiger partial charge < -0.3 is 0 Å². The lowest BCUT2D eigenvalue weighted by atomic mass is 9.84. The van der Waals surface area contributed by atoms with Crippen LogP contribution >= 0.6 is 0 Å². The fourth-order valence-electron chi connectivity index (χ4n) is 2.87. The third kappa shape index (κ3) is 11.4. The van der Waals surface area contributed by atoms with Crippen molar-refractivity contribution in [3.63, 3.8) is 0 Å². The highest BCUT2D eigenvalue weighted by Gasteiger charge is 2.14. The van der Waals surface area contributed by atoms with Gasteiger partial charge in [0.1, 0.15) is 0 Å². The van der Waals surface area contributed by atoms with E-state index in [1.54, 1.807) is 11.1 Å². The molecule has 0 heterocycles. The maximum atomic E-state index is 2.47. The quantitative estimate of drug-likeness (QED) is 0.309. The average Bonchev–Trinajstić information content (AvgIpc) is 2.57. The molecule has 0 nitrogen and oxygen atoms in total. The standard InChI is InChI=1S/C25H46/c1-10-13-21(4)23(6)16-17-24(7)22(5)15-12-14-20(3)18-19-25(8,9)11-2/h14-16,21,24H,10-13,17-19H2,1-9H3/b20-14+,22-15+,23-16+. The molecule has 0 N–H and O–H groups in total. The second-order valence-corrected chi connectivity index (χ2v) is 9.03. The van der Waals surface area contributed by atoms with Gasteiger partial charge in [-0.2, -0.15) is 0 Å². The van der Waals surface area contributed by atoms with E-state index in [1.165, 1.54) is 44.1 Å². The van der Waals surface area contributed by atoms with Gasteiger partial charge in [-0.05, 0) is 70.1 Å². The molecule has 0 heteroatoms. The summed E-state index contributed by atoms with van der Waals surface area (Å²) in [6.07, 6.45) is 16.0. The largest absolute Gasteiger partial charge is 0.0848 e. The second kappa shape index (κ2) is 12.6. The van der Waals surface area contributed by atoms with Gasteiger partial charge in [0.25, 0.3) is 0 Å². The third-order valence-corrected chi connectivity index (χ3v) is 6.13. The first kappa shape index (κ1) is 24.2. The summed E-state index contributed by atoms with van der Waals surface area (Å²) in [5.41, 5.74) is 5.12. The summed E-state index contributed by atoms with van der Waals surface area (Å²) in [5, 5.41) is 0. The van der Waals surface area contributed by atoms with Crippen LogP contribution < -0.4 is 0 Å². The van der Waals surface area contributed by atoms with Crippen LogP contribution in [0.15, 0.2) is 34.9 Å². The van der Waals surface area contributed by atoms with Crippen LogP contribution in [0, 0.1) is 17.3 Å². The Morgan fingerprint density at radius 2 is 1.48 bits per heavy atom. The molecule has 0 aliphatic heterocycles. The van der Waals surface area contributed by atoms with E-state index in [0.29, 0.717) is 11.3 Å². The van der Waals surface area contributed by atoms with Gasteiger partial charge in [0.2, 0.25) is 0 Å². The smallest absolute Gasteiger partial charge is 0.0164 e. The fraction of sp³-hybridized carbons (Fsp3) is 0.760. The summed E-state index contributed by atoms with van der Waals surface area (Å²) in [5.74, 6) is 1.39. The highest BCUT2D eigenvalue weighted by atomic mass is 14.2. The first-order chi connectivity index (χ1) is 11.6. The van der Waals surface area contributed by atoms with Gasteiger partial charge in [0.15, 0.2) is 0 Å². The van der Waals surface area contributed by atoms with Crippen molar-refractivity contribution in [2.45, 2.75) is 107 Å². The van der Waals surface area contributed by atoms with E-state index in [9.17, 15) is 0 Å². The lowest BCUT2D eigenvalue weighted by Crippen LogP contribution is -2.09. The van der Waals surface area contributed by atoms with Crippen LogP contribution in [-0.4, -0.2) is 0 Å². The normalized spacial score (nSPS) is 16.9. The molecular weight excluding hydrogens is 300 g/mol. The zero-order valence-electron chi connectivity index (χ0n) is 18.8. The summed E-state index contributed by atoms with van der Waals surface area (Å²) in [6.45, 7) is 20.9. The van der Waals surface area contributed by atoms with Crippen molar-refractivity contribution >= 4 is 0 Å². The number of allylic oxidation sites excluding steroid dienone is 6. The van der Waals surface area contributed by atoms with Crippen molar-refractivity contribution in [2.24, 2.45) is 17.3 Å². The summed E-state index contributed by atoms with van der Waals surface area (Å²) in [7, 11) is 0. The van der Waals surface area contributed by atoms with Crippen LogP contribution in [0.4, 0.5) is 0 Å². The highest BCUT2D eigenvalue weighted by Crippen LogP contribution is 2.28. The van der Waals surface area contributed by atoms with Gasteiger partial charge in [0.05, 0.1) is 0 Å². The molecule has 0 aromatic heterocycles. The van der Waals surface area contributed by atoms with Gasteiger partial charge in [-0.3, -0.25) is 0 Å². The summed E-state index contributed by atoms with van der Waals surface area (Å²) in [6, 6.07) is 0. The maximum Gasteiger partial charge on any atom is -0.0164 e. The second-order valence-electron chi connectivity index (χ2n) is 9.03. The topological polar surface area (TPSA) is 0 Å². The van der Waals surface area contributed by atoms with Gasteiger partial charge in [-0.25, -0.2) is 0 Å². The van der Waals surface area contributed by atoms with Crippen molar-refractivity contribution in [2.75, 3.05) is 0 Å². The zero-order valence-corrected chi connectivity index (χ0v) is 18.8. The van der Waals surface area contributed by atoms with Crippen LogP contribution in [-0.2, 0) is 0 Å². The Morgan fingerprint density at radius 1 is 0.880 bits per heavy atom. The molecule has 0 bridgehead atoms. The molecule has 0 aromatic rings. The van der Waals surface area contributed by atoms with E-state index in [1.807, 2.05) is 0 Å². The van der Waals surface area contributed by atoms with E-state index < -0.39 is 0 Å². The third-order valence-electron chi connectivity index (χ3n) is 6.13. The van der Waals surface area contributed by atoms with Crippen LogP contribution in [0.1, 0.15) is 107 Å². The minimum Gasteiger partial charge on any atom is -0.0848 e. The van der Waals surface area contributed by atoms with E-state index in [4.69, 9.17) is 0 Å². The minimum absolute atomic E-state index is 0.481. The first-order valence-electron chi connectivity index (χ1n) is 10.6. The maximum absolute atomic E-state index is 2.47. The van der Waals surface area contributed by atoms with E-state index in [-0.39, 0.29) is 0 Å². The Labute approximate surface area is 159 Å². The van der Waals surface area contributed by atoms with Gasteiger partial charge in [0, 0.05) is 0 Å². The molecule has 0 aliphatic rings. The molecule has 0 saturated carbocycles. The molecule has 0 amide bonds. The highest BCUT2D eigenvalue weighted by molar-refractivity contribution is 5.11. The number of rotatable bonds is 12. The zero-order chi connectivity index (χ0) is 19.5. The lowest BCUT2D eigenvalue weighted by molar-refractivity contribution is 0.322. The Hall–Kier alpha value is -0.780. The molecule has 0 aromatic carbocycles. The molecule has 2 atom stereocenters. The molecule has 0 fully saturated rings. The molecule has 0 saturated heterocycles. The van der Waals surface area contributed by atoms with Crippen molar-refractivity contribution in [1.29, 1.82) is 0 Å². The minimum atomic E-state index is 0.481. The van der Waals surface area contributed by atoms with Crippen molar-refractivity contribution in [3.05, 3.63) is 34.9 Å². The predicted molar refractivity (Wildman–Crippen MR) is 117 cm³/mol. The van der Waals surface area contributed by atoms with Gasteiger partial charge >= 0.3 is 0 Å². The Morgan fingerprint density at radius 3 is 2.04 bits per heavy atom. The molecule has 0 spiro atoms. The Balaban J connectivity index is 4.42. The molecule has 2 unspecified atom stereocenters. The predicted octanol–water partition coefficient (Wildman–Crippen LogP) is 8.89. The van der Waals surface area contributed by atoms with E-state index in [2.05, 4.69) is 80.5 Å². The summed E-state index contributed by atoms with van der Waals surface area (Å²) < 4.78 is 0. The Kier molecular flexibility index (Phi) is 12.2. The van der Waals surface area contributed by atoms with Crippen LogP contribution in [0.5, 0.6) is 0 Å². The number of hydrogen-bond acceptors (Lipinski definition) is 0. The fourth-order valence-corrected chi connectivity index (χ4v) is 2.87. The first-order valence-corrected chi connectivity index (χ1v) is 10.6. The molecule has 0 rings (SSSR count). The van der Waals surface area contributed by atoms with Crippen molar-refractivity contribution in [1.82, 2.24) is 0 Å². The monoisotopic (exact) mass is 346 g/mol. The molecule has 0 radical (unpaired) electrons. The van der Waals surface area contributed by atoms with E-state index >= 15 is 0 Å². The van der Waals surface area contributed by atoms with Crippen LogP contribution in [0.2, 0.25) is 0 Å². The molecule has 0 aliphatic carbocycles. The van der Waals surface area contributed by atoms with Crippen molar-refractivity contribution < 1.29 is 0 Å². The van der Waals surface area contributed by atoms with Gasteiger partial charge in [-0.15, -0.1) is 0 Å². The summed E-state index contributed by atoms with van der Waals surface area (Å²) >= 11 is 0. The van der Waals surface area contributed by atoms with Gasteiger partial charge in [-0.1, -0.05) is 89.3 Å². The van der Waals surface area contributed by atoms with Crippen molar-refractivity contribution in [3.8, 4) is 0 Å². The van der Waals surface area contributed by atoms with Crippen LogP contribution in [0.25, 0.3) is 0 Å². The van der Waals surface area contributed by atoms with Crippen LogP contribution in [0.3, 0.4) is 0 Å². The Bertz CT molecular complexity index is 445. The number of hydrogen-bond donors (Lipinski definition) is 0. The molecule has 25 heavy (non-hydrogen) atoms. The molecular formula is C25H46. The SMILES string of the molecule is CCCC(C)/C(C)=C/CC(C)/C(C)=C/C/C=C(\C)CCC(C)(C)CC. The summed E-state index contributed by atoms with van der Waals surface area (Å²) in [4.78, 5) is 0.